The van der Waals surface area contributed by atoms with E-state index < -0.39 is 11.4 Å². The average Bonchev–Trinajstić information content (AvgIpc) is 3.23. The standard InChI is InChI=1S/C16H17ClN2O4/c17-12-5-4-10(8-11(12)13(20)21)19-15(23)16(6-1-7-16)14(22)18-9-2-3-9/h4-5,8-9H,1-3,6-7H2,(H,18,22)(H,19,23)(H,20,21). The van der Waals surface area contributed by atoms with Crippen LogP contribution in [0.25, 0.3) is 0 Å². The predicted molar refractivity (Wildman–Crippen MR) is 84.5 cm³/mol. The van der Waals surface area contributed by atoms with Crippen molar-refractivity contribution in [2.45, 2.75) is 38.1 Å². The number of nitrogens with one attached hydrogen (secondary N) is 2. The maximum Gasteiger partial charge on any atom is 0.337 e. The Morgan fingerprint density at radius 2 is 1.87 bits per heavy atom. The van der Waals surface area contributed by atoms with Crippen LogP contribution >= 0.6 is 11.6 Å². The zero-order valence-corrected chi connectivity index (χ0v) is 13.2. The largest absolute Gasteiger partial charge is 0.478 e. The van der Waals surface area contributed by atoms with Gasteiger partial charge in [0, 0.05) is 11.7 Å². The van der Waals surface area contributed by atoms with Gasteiger partial charge in [-0.1, -0.05) is 18.0 Å². The van der Waals surface area contributed by atoms with Crippen LogP contribution in [0, 0.1) is 5.41 Å². The Hall–Kier alpha value is -2.08. The van der Waals surface area contributed by atoms with E-state index in [-0.39, 0.29) is 28.4 Å². The van der Waals surface area contributed by atoms with Crippen LogP contribution in [0.15, 0.2) is 18.2 Å². The van der Waals surface area contributed by atoms with Gasteiger partial charge in [0.25, 0.3) is 0 Å². The van der Waals surface area contributed by atoms with E-state index in [2.05, 4.69) is 10.6 Å². The number of carbonyl (C=O) groups is 3. The van der Waals surface area contributed by atoms with Crippen molar-refractivity contribution in [2.75, 3.05) is 5.32 Å². The number of anilines is 1. The van der Waals surface area contributed by atoms with Crippen LogP contribution in [0.1, 0.15) is 42.5 Å². The minimum absolute atomic E-state index is 0.0884. The number of hydrogen-bond acceptors (Lipinski definition) is 3. The van der Waals surface area contributed by atoms with Gasteiger partial charge in [0.05, 0.1) is 10.6 Å². The van der Waals surface area contributed by atoms with E-state index in [1.54, 1.807) is 0 Å². The zero-order valence-electron chi connectivity index (χ0n) is 12.4. The second-order valence-corrected chi connectivity index (χ2v) is 6.54. The third-order valence-corrected chi connectivity index (χ3v) is 4.77. The van der Waals surface area contributed by atoms with Gasteiger partial charge in [0.15, 0.2) is 0 Å². The van der Waals surface area contributed by atoms with E-state index in [0.29, 0.717) is 18.5 Å². The lowest BCUT2D eigenvalue weighted by Gasteiger charge is -2.38. The van der Waals surface area contributed by atoms with Crippen LogP contribution in [-0.2, 0) is 9.59 Å². The lowest BCUT2D eigenvalue weighted by atomic mass is 9.67. The zero-order chi connectivity index (χ0) is 16.6. The molecule has 1 aromatic rings. The maximum atomic E-state index is 12.6. The third kappa shape index (κ3) is 3.03. The summed E-state index contributed by atoms with van der Waals surface area (Å²) in [4.78, 5) is 36.0. The van der Waals surface area contributed by atoms with Gasteiger partial charge in [-0.05, 0) is 43.9 Å². The lowest BCUT2D eigenvalue weighted by Crippen LogP contribution is -2.53. The highest BCUT2D eigenvalue weighted by Gasteiger charge is 2.51. The third-order valence-electron chi connectivity index (χ3n) is 4.44. The minimum atomic E-state index is -1.17. The van der Waals surface area contributed by atoms with Crippen molar-refractivity contribution < 1.29 is 19.5 Å². The van der Waals surface area contributed by atoms with Crippen LogP contribution in [0.3, 0.4) is 0 Å². The average molecular weight is 337 g/mol. The van der Waals surface area contributed by atoms with Gasteiger partial charge in [0.2, 0.25) is 11.8 Å². The molecule has 23 heavy (non-hydrogen) atoms. The fourth-order valence-corrected chi connectivity index (χ4v) is 2.85. The van der Waals surface area contributed by atoms with Gasteiger partial charge < -0.3 is 15.7 Å². The van der Waals surface area contributed by atoms with Gasteiger partial charge in [-0.25, -0.2) is 4.79 Å². The molecule has 2 amide bonds. The number of hydrogen-bond donors (Lipinski definition) is 3. The highest BCUT2D eigenvalue weighted by atomic mass is 35.5. The number of carboxylic acid groups (broad SMARTS) is 1. The Morgan fingerprint density at radius 3 is 2.39 bits per heavy atom. The van der Waals surface area contributed by atoms with Gasteiger partial charge in [-0.2, -0.15) is 0 Å². The van der Waals surface area contributed by atoms with Crippen molar-refractivity contribution in [1.82, 2.24) is 5.32 Å². The Labute approximate surface area is 138 Å². The summed E-state index contributed by atoms with van der Waals surface area (Å²) in [6.07, 6.45) is 3.77. The fourth-order valence-electron chi connectivity index (χ4n) is 2.66. The first-order valence-electron chi connectivity index (χ1n) is 7.58. The predicted octanol–water partition coefficient (Wildman–Crippen LogP) is 2.43. The van der Waals surface area contributed by atoms with Crippen molar-refractivity contribution in [2.24, 2.45) is 5.41 Å². The van der Waals surface area contributed by atoms with Gasteiger partial charge in [0.1, 0.15) is 5.41 Å². The van der Waals surface area contributed by atoms with E-state index in [1.807, 2.05) is 0 Å². The summed E-state index contributed by atoms with van der Waals surface area (Å²) in [5, 5.41) is 14.7. The summed E-state index contributed by atoms with van der Waals surface area (Å²) in [5.41, 5.74) is -0.803. The lowest BCUT2D eigenvalue weighted by molar-refractivity contribution is -0.146. The second kappa shape index (κ2) is 5.85. The molecule has 122 valence electrons. The summed E-state index contributed by atoms with van der Waals surface area (Å²) in [7, 11) is 0. The van der Waals surface area contributed by atoms with Crippen LogP contribution in [0.4, 0.5) is 5.69 Å². The van der Waals surface area contributed by atoms with E-state index in [0.717, 1.165) is 19.3 Å². The molecule has 0 unspecified atom stereocenters. The van der Waals surface area contributed by atoms with Crippen molar-refractivity contribution in [3.05, 3.63) is 28.8 Å². The number of amides is 2. The molecular formula is C16H17ClN2O4. The monoisotopic (exact) mass is 336 g/mol. The number of rotatable bonds is 5. The van der Waals surface area contributed by atoms with E-state index in [1.165, 1.54) is 18.2 Å². The molecule has 0 spiro atoms. The van der Waals surface area contributed by atoms with Crippen LogP contribution < -0.4 is 10.6 Å². The van der Waals surface area contributed by atoms with Crippen LogP contribution in [0.5, 0.6) is 0 Å². The molecule has 2 saturated carbocycles. The Bertz CT molecular complexity index is 681. The molecule has 3 N–H and O–H groups in total. The molecule has 2 aliphatic rings. The quantitative estimate of drug-likeness (QED) is 0.719. The number of halogens is 1. The molecule has 7 heteroatoms. The van der Waals surface area contributed by atoms with E-state index in [4.69, 9.17) is 16.7 Å². The Kier molecular flexibility index (Phi) is 4.02. The summed E-state index contributed by atoms with van der Waals surface area (Å²) in [5.74, 6) is -1.78. The second-order valence-electron chi connectivity index (χ2n) is 6.14. The number of carbonyl (C=O) groups excluding carboxylic acids is 2. The first-order chi connectivity index (χ1) is 10.9. The number of benzene rings is 1. The Morgan fingerprint density at radius 1 is 1.17 bits per heavy atom. The molecular weight excluding hydrogens is 320 g/mol. The molecule has 0 atom stereocenters. The van der Waals surface area contributed by atoms with Crippen LogP contribution in [-0.4, -0.2) is 28.9 Å². The van der Waals surface area contributed by atoms with Crippen LogP contribution in [0.2, 0.25) is 5.02 Å². The Balaban J connectivity index is 1.76. The van der Waals surface area contributed by atoms with Crippen molar-refractivity contribution in [1.29, 1.82) is 0 Å². The molecule has 0 heterocycles. The van der Waals surface area contributed by atoms with Gasteiger partial charge >= 0.3 is 5.97 Å². The molecule has 0 aliphatic heterocycles. The normalized spacial score (nSPS) is 18.7. The molecule has 3 rings (SSSR count). The van der Waals surface area contributed by atoms with E-state index >= 15 is 0 Å². The first kappa shape index (κ1) is 15.8. The SMILES string of the molecule is O=C(O)c1cc(NC(=O)C2(C(=O)NC3CC3)CCC2)ccc1Cl. The van der Waals surface area contributed by atoms with Crippen molar-refractivity contribution in [3.8, 4) is 0 Å². The molecule has 2 fully saturated rings. The molecule has 0 bridgehead atoms. The molecule has 6 nitrogen and oxygen atoms in total. The van der Waals surface area contributed by atoms with Gasteiger partial charge in [-0.3, -0.25) is 9.59 Å². The first-order valence-corrected chi connectivity index (χ1v) is 7.95. The molecule has 2 aliphatic carbocycles. The summed E-state index contributed by atoms with van der Waals surface area (Å²) in [6.45, 7) is 0. The topological polar surface area (TPSA) is 95.5 Å². The minimum Gasteiger partial charge on any atom is -0.478 e. The molecule has 0 aromatic heterocycles. The molecule has 1 aromatic carbocycles. The summed E-state index contributed by atoms with van der Waals surface area (Å²) < 4.78 is 0. The maximum absolute atomic E-state index is 12.6. The van der Waals surface area contributed by atoms with Crippen molar-refractivity contribution in [3.63, 3.8) is 0 Å². The molecule has 0 saturated heterocycles. The van der Waals surface area contributed by atoms with E-state index in [9.17, 15) is 14.4 Å². The molecule has 0 radical (unpaired) electrons. The summed E-state index contributed by atoms with van der Waals surface area (Å²) >= 11 is 5.81. The van der Waals surface area contributed by atoms with Crippen molar-refractivity contribution >= 4 is 35.1 Å². The van der Waals surface area contributed by atoms with Gasteiger partial charge in [-0.15, -0.1) is 0 Å². The summed E-state index contributed by atoms with van der Waals surface area (Å²) in [6, 6.07) is 4.44. The highest BCUT2D eigenvalue weighted by molar-refractivity contribution is 6.33. The smallest absolute Gasteiger partial charge is 0.337 e. The highest BCUT2D eigenvalue weighted by Crippen LogP contribution is 2.43. The fraction of sp³-hybridized carbons (Fsp3) is 0.438. The number of carboxylic acids is 1. The number of aromatic carboxylic acids is 1.